The van der Waals surface area contributed by atoms with Gasteiger partial charge in [-0.05, 0) is 62.8 Å². The molecule has 2 fully saturated rings. The molecule has 0 saturated carbocycles. The highest BCUT2D eigenvalue weighted by Gasteiger charge is 2.21. The molecule has 0 aliphatic carbocycles. The molecule has 11 nitrogen and oxygen atoms in total. The first-order valence-electron chi connectivity index (χ1n) is 13.5. The highest BCUT2D eigenvalue weighted by atomic mass is 16.3. The van der Waals surface area contributed by atoms with Crippen LogP contribution in [-0.2, 0) is 0 Å². The normalized spacial score (nSPS) is 15.8. The molecule has 6 rings (SSSR count). The van der Waals surface area contributed by atoms with E-state index >= 15 is 0 Å². The molecule has 0 unspecified atom stereocenters. The summed E-state index contributed by atoms with van der Waals surface area (Å²) >= 11 is 0. The smallest absolute Gasteiger partial charge is 0.275 e. The van der Waals surface area contributed by atoms with Crippen molar-refractivity contribution in [3.63, 3.8) is 0 Å². The molecule has 1 amide bonds. The van der Waals surface area contributed by atoms with Gasteiger partial charge in [-0.2, -0.15) is 15.0 Å². The number of phenols is 1. The van der Waals surface area contributed by atoms with Crippen molar-refractivity contribution in [3.05, 3.63) is 54.4 Å². The Morgan fingerprint density at radius 1 is 0.769 bits per heavy atom. The summed E-state index contributed by atoms with van der Waals surface area (Å²) in [6.07, 6.45) is 8.37. The minimum absolute atomic E-state index is 0.0938. The molecule has 2 aromatic heterocycles. The lowest BCUT2D eigenvalue weighted by atomic mass is 10.1. The number of phenolic OH excluding ortho intramolecular Hbond substituents is 1. The molecule has 2 aromatic carbocycles. The Hall–Kier alpha value is -4.54. The van der Waals surface area contributed by atoms with Crippen molar-refractivity contribution in [1.29, 1.82) is 0 Å². The standard InChI is InChI=1S/C28H31N9O2/c38-24-17-19(11-12-22(24)32-25(39)23-18-29-20-9-3-4-10-21(20)31-23)30-26-33-27(36-13-5-1-6-14-36)35-28(34-26)37-15-7-2-8-16-37/h3-4,9-12,17-18,38H,1-2,5-8,13-16H2,(H,32,39)(H,30,33,34,35). The fourth-order valence-electron chi connectivity index (χ4n) is 4.98. The first kappa shape index (κ1) is 24.8. The van der Waals surface area contributed by atoms with Gasteiger partial charge in [0.1, 0.15) is 11.4 Å². The first-order chi connectivity index (χ1) is 19.1. The van der Waals surface area contributed by atoms with Crippen LogP contribution in [0.3, 0.4) is 0 Å². The summed E-state index contributed by atoms with van der Waals surface area (Å²) in [4.78, 5) is 40.1. The molecule has 0 radical (unpaired) electrons. The topological polar surface area (TPSA) is 132 Å². The Bertz CT molecular complexity index is 1450. The molecule has 3 N–H and O–H groups in total. The van der Waals surface area contributed by atoms with Crippen LogP contribution in [0.25, 0.3) is 11.0 Å². The van der Waals surface area contributed by atoms with Crippen LogP contribution >= 0.6 is 0 Å². The Kier molecular flexibility index (Phi) is 7.03. The lowest BCUT2D eigenvalue weighted by Crippen LogP contribution is -2.34. The second kappa shape index (κ2) is 11.1. The van der Waals surface area contributed by atoms with E-state index in [4.69, 9.17) is 15.0 Å². The summed E-state index contributed by atoms with van der Waals surface area (Å²) in [6.45, 7) is 3.72. The predicted molar refractivity (Wildman–Crippen MR) is 151 cm³/mol. The van der Waals surface area contributed by atoms with Gasteiger partial charge in [-0.1, -0.05) is 12.1 Å². The van der Waals surface area contributed by atoms with E-state index in [9.17, 15) is 9.90 Å². The average Bonchev–Trinajstić information content (AvgIpc) is 2.99. The molecule has 0 spiro atoms. The van der Waals surface area contributed by atoms with Crippen LogP contribution in [0.4, 0.5) is 29.2 Å². The number of piperidine rings is 2. The molecule has 2 aliphatic rings. The van der Waals surface area contributed by atoms with E-state index in [1.54, 1.807) is 18.2 Å². The highest BCUT2D eigenvalue weighted by Crippen LogP contribution is 2.30. The van der Waals surface area contributed by atoms with E-state index in [-0.39, 0.29) is 17.1 Å². The Morgan fingerprint density at radius 3 is 2.05 bits per heavy atom. The third kappa shape index (κ3) is 5.66. The van der Waals surface area contributed by atoms with Crippen molar-refractivity contribution in [3.8, 4) is 5.75 Å². The number of nitrogens with zero attached hydrogens (tertiary/aromatic N) is 7. The number of amides is 1. The molecule has 0 atom stereocenters. The summed E-state index contributed by atoms with van der Waals surface area (Å²) < 4.78 is 0. The Morgan fingerprint density at radius 2 is 1.41 bits per heavy atom. The number of hydrogen-bond acceptors (Lipinski definition) is 10. The largest absolute Gasteiger partial charge is 0.506 e. The van der Waals surface area contributed by atoms with Crippen molar-refractivity contribution < 1.29 is 9.90 Å². The molecule has 4 heterocycles. The van der Waals surface area contributed by atoms with Crippen LogP contribution < -0.4 is 20.4 Å². The van der Waals surface area contributed by atoms with Gasteiger partial charge in [0.15, 0.2) is 0 Å². The summed E-state index contributed by atoms with van der Waals surface area (Å²) in [5.41, 5.74) is 2.35. The van der Waals surface area contributed by atoms with Crippen LogP contribution in [0.5, 0.6) is 5.75 Å². The first-order valence-corrected chi connectivity index (χ1v) is 13.5. The van der Waals surface area contributed by atoms with Crippen LogP contribution in [0, 0.1) is 0 Å². The maximum Gasteiger partial charge on any atom is 0.275 e. The van der Waals surface area contributed by atoms with Crippen LogP contribution in [0.15, 0.2) is 48.7 Å². The SMILES string of the molecule is O=C(Nc1ccc(Nc2nc(N3CCCCC3)nc(N3CCCCC3)n2)cc1O)c1cnc2ccccc2n1. The van der Waals surface area contributed by atoms with Crippen molar-refractivity contribution in [2.75, 3.05) is 46.6 Å². The molecule has 11 heteroatoms. The number of anilines is 5. The van der Waals surface area contributed by atoms with E-state index in [1.165, 1.54) is 25.1 Å². The van der Waals surface area contributed by atoms with E-state index in [2.05, 4.69) is 30.4 Å². The predicted octanol–water partition coefficient (Wildman–Crippen LogP) is 4.50. The zero-order valence-electron chi connectivity index (χ0n) is 21.7. The highest BCUT2D eigenvalue weighted by molar-refractivity contribution is 6.04. The van der Waals surface area contributed by atoms with Crippen LogP contribution in [0.1, 0.15) is 49.0 Å². The molecular formula is C28H31N9O2. The van der Waals surface area contributed by atoms with Gasteiger partial charge in [0, 0.05) is 37.9 Å². The number of aromatic hydroxyl groups is 1. The number of rotatable bonds is 6. The quantitative estimate of drug-likeness (QED) is 0.309. The number of benzene rings is 2. The molecule has 0 bridgehead atoms. The number of hydrogen-bond donors (Lipinski definition) is 3. The van der Waals surface area contributed by atoms with Gasteiger partial charge >= 0.3 is 0 Å². The number of para-hydroxylation sites is 2. The number of nitrogens with one attached hydrogen (secondary N) is 2. The minimum Gasteiger partial charge on any atom is -0.506 e. The van der Waals surface area contributed by atoms with Gasteiger partial charge in [0.2, 0.25) is 17.8 Å². The van der Waals surface area contributed by atoms with Gasteiger partial charge in [0.05, 0.1) is 22.9 Å². The number of aromatic nitrogens is 5. The monoisotopic (exact) mass is 525 g/mol. The van der Waals surface area contributed by atoms with E-state index in [0.717, 1.165) is 51.9 Å². The summed E-state index contributed by atoms with van der Waals surface area (Å²) in [7, 11) is 0. The molecule has 39 heavy (non-hydrogen) atoms. The molecular weight excluding hydrogens is 494 g/mol. The zero-order chi connectivity index (χ0) is 26.6. The molecule has 4 aromatic rings. The van der Waals surface area contributed by atoms with Gasteiger partial charge < -0.3 is 25.5 Å². The fraction of sp³-hybridized carbons (Fsp3) is 0.357. The van der Waals surface area contributed by atoms with E-state index < -0.39 is 5.91 Å². The van der Waals surface area contributed by atoms with Crippen LogP contribution in [0.2, 0.25) is 0 Å². The Balaban J connectivity index is 1.21. The maximum atomic E-state index is 12.8. The summed E-state index contributed by atoms with van der Waals surface area (Å²) in [6, 6.07) is 12.3. The van der Waals surface area contributed by atoms with Gasteiger partial charge in [-0.15, -0.1) is 0 Å². The third-order valence-electron chi connectivity index (χ3n) is 7.07. The second-order valence-electron chi connectivity index (χ2n) is 9.91. The molecule has 2 aliphatic heterocycles. The van der Waals surface area contributed by atoms with Crippen molar-refractivity contribution >= 4 is 46.2 Å². The maximum absolute atomic E-state index is 12.8. The van der Waals surface area contributed by atoms with Gasteiger partial charge in [0.25, 0.3) is 5.91 Å². The number of carbonyl (C=O) groups is 1. The van der Waals surface area contributed by atoms with Gasteiger partial charge in [-0.25, -0.2) is 4.98 Å². The Labute approximate surface area is 226 Å². The summed E-state index contributed by atoms with van der Waals surface area (Å²) in [5, 5.41) is 16.6. The molecule has 200 valence electrons. The fourth-order valence-corrected chi connectivity index (χ4v) is 4.98. The van der Waals surface area contributed by atoms with E-state index in [1.807, 2.05) is 18.2 Å². The minimum atomic E-state index is -0.459. The lowest BCUT2D eigenvalue weighted by Gasteiger charge is -2.30. The van der Waals surface area contributed by atoms with Crippen molar-refractivity contribution in [2.24, 2.45) is 0 Å². The van der Waals surface area contributed by atoms with Crippen molar-refractivity contribution in [2.45, 2.75) is 38.5 Å². The second-order valence-corrected chi connectivity index (χ2v) is 9.91. The van der Waals surface area contributed by atoms with Crippen molar-refractivity contribution in [1.82, 2.24) is 24.9 Å². The average molecular weight is 526 g/mol. The van der Waals surface area contributed by atoms with Crippen LogP contribution in [-0.4, -0.2) is 62.1 Å². The number of fused-ring (bicyclic) bond motifs is 1. The lowest BCUT2D eigenvalue weighted by molar-refractivity contribution is 0.102. The summed E-state index contributed by atoms with van der Waals surface area (Å²) in [5.74, 6) is 1.23. The molecule has 2 saturated heterocycles. The van der Waals surface area contributed by atoms with Gasteiger partial charge in [-0.3, -0.25) is 9.78 Å². The van der Waals surface area contributed by atoms with E-state index in [0.29, 0.717) is 34.6 Å². The number of carbonyl (C=O) groups excluding carboxylic acids is 1. The third-order valence-corrected chi connectivity index (χ3v) is 7.07. The zero-order valence-corrected chi connectivity index (χ0v) is 21.7.